The van der Waals surface area contributed by atoms with Crippen molar-refractivity contribution in [2.24, 2.45) is 0 Å². The van der Waals surface area contributed by atoms with Crippen LogP contribution in [0.1, 0.15) is 11.1 Å². The molecule has 1 N–H and O–H groups in total. The number of anilines is 2. The predicted octanol–water partition coefficient (Wildman–Crippen LogP) is 6.87. The van der Waals surface area contributed by atoms with Crippen LogP contribution in [0.15, 0.2) is 109 Å². The van der Waals surface area contributed by atoms with E-state index in [1.54, 1.807) is 50.6 Å². The van der Waals surface area contributed by atoms with E-state index in [1.807, 2.05) is 48.5 Å². The van der Waals surface area contributed by atoms with E-state index in [2.05, 4.69) is 15.3 Å². The first-order valence-corrected chi connectivity index (χ1v) is 14.8. The van der Waals surface area contributed by atoms with Gasteiger partial charge in [-0.05, 0) is 60.2 Å². The molecule has 236 valence electrons. The average Bonchev–Trinajstić information content (AvgIpc) is 3.10. The topological polar surface area (TPSA) is 118 Å². The van der Waals surface area contributed by atoms with E-state index in [0.29, 0.717) is 76.5 Å². The SMILES string of the molecule is COCCOc1cc2ncnc(Nc3ccc(Oc4ccccc4OCc4ccccc4)c(C4=CC(=O)C=CC4=O)c3)c2cc1OC. The van der Waals surface area contributed by atoms with Gasteiger partial charge in [-0.3, -0.25) is 9.59 Å². The molecule has 5 aromatic rings. The first-order valence-electron chi connectivity index (χ1n) is 14.8. The standard InChI is InChI=1S/C37H31N3O7/c1-43-16-17-45-36-21-30-29(20-35(36)44-2)37(39-23-38-30)40-25-12-15-32(28(18-25)27-19-26(41)13-14-31(27)42)47-34-11-7-6-10-33(34)46-22-24-8-4-3-5-9-24/h3-15,18-21,23H,16-17,22H2,1-2H3,(H,38,39,40). The van der Waals surface area contributed by atoms with Gasteiger partial charge in [0.2, 0.25) is 0 Å². The Balaban J connectivity index is 1.34. The van der Waals surface area contributed by atoms with Gasteiger partial charge < -0.3 is 29.0 Å². The number of ether oxygens (including phenoxy) is 5. The van der Waals surface area contributed by atoms with Crippen LogP contribution in [0.2, 0.25) is 0 Å². The van der Waals surface area contributed by atoms with Crippen LogP contribution in [-0.2, 0) is 20.9 Å². The Hall–Kier alpha value is -6.00. The molecule has 1 aromatic heterocycles. The summed E-state index contributed by atoms with van der Waals surface area (Å²) in [6, 6.07) is 25.9. The normalized spacial score (nSPS) is 12.5. The third-order valence-electron chi connectivity index (χ3n) is 7.26. The molecule has 0 spiro atoms. The summed E-state index contributed by atoms with van der Waals surface area (Å²) in [5.74, 6) is 2.25. The van der Waals surface area contributed by atoms with Crippen LogP contribution in [0.4, 0.5) is 11.5 Å². The van der Waals surface area contributed by atoms with Gasteiger partial charge in [0.05, 0.1) is 19.2 Å². The molecule has 0 aliphatic heterocycles. The van der Waals surface area contributed by atoms with Crippen LogP contribution in [0.3, 0.4) is 0 Å². The number of para-hydroxylation sites is 2. The zero-order valence-electron chi connectivity index (χ0n) is 25.8. The van der Waals surface area contributed by atoms with Gasteiger partial charge >= 0.3 is 0 Å². The summed E-state index contributed by atoms with van der Waals surface area (Å²) in [5.41, 5.74) is 2.84. The molecule has 0 saturated heterocycles. The Morgan fingerprint density at radius 3 is 2.34 bits per heavy atom. The summed E-state index contributed by atoms with van der Waals surface area (Å²) in [4.78, 5) is 34.3. The predicted molar refractivity (Wildman–Crippen MR) is 178 cm³/mol. The van der Waals surface area contributed by atoms with Crippen molar-refractivity contribution in [3.63, 3.8) is 0 Å². The van der Waals surface area contributed by atoms with Crippen molar-refractivity contribution in [3.8, 4) is 28.7 Å². The second-order valence-electron chi connectivity index (χ2n) is 10.4. The number of nitrogens with one attached hydrogen (secondary N) is 1. The monoisotopic (exact) mass is 629 g/mol. The van der Waals surface area contributed by atoms with Gasteiger partial charge in [-0.2, -0.15) is 0 Å². The number of fused-ring (bicyclic) bond motifs is 1. The van der Waals surface area contributed by atoms with Crippen LogP contribution in [0.25, 0.3) is 16.5 Å². The fraction of sp³-hybridized carbons (Fsp3) is 0.135. The second-order valence-corrected chi connectivity index (χ2v) is 10.4. The van der Waals surface area contributed by atoms with Crippen LogP contribution < -0.4 is 24.3 Å². The van der Waals surface area contributed by atoms with E-state index in [-0.39, 0.29) is 17.1 Å². The summed E-state index contributed by atoms with van der Waals surface area (Å²) in [6.07, 6.45) is 5.25. The molecule has 4 aromatic carbocycles. The molecule has 0 atom stereocenters. The van der Waals surface area contributed by atoms with E-state index < -0.39 is 0 Å². The van der Waals surface area contributed by atoms with Crippen molar-refractivity contribution in [1.29, 1.82) is 0 Å². The Bertz CT molecular complexity index is 1990. The van der Waals surface area contributed by atoms with Gasteiger partial charge in [0, 0.05) is 35.4 Å². The highest BCUT2D eigenvalue weighted by Crippen LogP contribution is 2.39. The Kier molecular flexibility index (Phi) is 9.50. The van der Waals surface area contributed by atoms with Crippen molar-refractivity contribution in [3.05, 3.63) is 121 Å². The van der Waals surface area contributed by atoms with E-state index in [4.69, 9.17) is 23.7 Å². The number of hydrogen-bond donors (Lipinski definition) is 1. The third kappa shape index (κ3) is 7.29. The summed E-state index contributed by atoms with van der Waals surface area (Å²) >= 11 is 0. The fourth-order valence-corrected chi connectivity index (χ4v) is 4.94. The molecule has 6 rings (SSSR count). The van der Waals surface area contributed by atoms with Crippen LogP contribution in [0.5, 0.6) is 28.7 Å². The lowest BCUT2D eigenvalue weighted by atomic mass is 9.95. The van der Waals surface area contributed by atoms with Gasteiger partial charge in [0.15, 0.2) is 34.6 Å². The summed E-state index contributed by atoms with van der Waals surface area (Å²) in [6.45, 7) is 1.12. The molecule has 10 nitrogen and oxygen atoms in total. The summed E-state index contributed by atoms with van der Waals surface area (Å²) in [7, 11) is 3.16. The zero-order valence-corrected chi connectivity index (χ0v) is 25.8. The van der Waals surface area contributed by atoms with Crippen LogP contribution in [-0.4, -0.2) is 49.0 Å². The molecule has 0 unspecified atom stereocenters. The van der Waals surface area contributed by atoms with Gasteiger partial charge in [0.25, 0.3) is 0 Å². The van der Waals surface area contributed by atoms with E-state index in [9.17, 15) is 9.59 Å². The van der Waals surface area contributed by atoms with Crippen molar-refractivity contribution >= 4 is 39.5 Å². The van der Waals surface area contributed by atoms with Gasteiger partial charge in [-0.25, -0.2) is 9.97 Å². The number of allylic oxidation sites excluding steroid dienone is 4. The summed E-state index contributed by atoms with van der Waals surface area (Å²) in [5, 5.41) is 4.01. The van der Waals surface area contributed by atoms with Crippen LogP contribution in [0, 0.1) is 0 Å². The first-order chi connectivity index (χ1) is 23.0. The number of aromatic nitrogens is 2. The molecule has 0 fully saturated rings. The number of carbonyl (C=O) groups is 2. The number of methoxy groups -OCH3 is 2. The van der Waals surface area contributed by atoms with Crippen molar-refractivity contribution in [2.75, 3.05) is 32.8 Å². The molecule has 1 aliphatic rings. The van der Waals surface area contributed by atoms with Crippen molar-refractivity contribution in [2.45, 2.75) is 6.61 Å². The number of benzene rings is 4. The lowest BCUT2D eigenvalue weighted by molar-refractivity contribution is -0.113. The maximum atomic E-state index is 13.1. The third-order valence-corrected chi connectivity index (χ3v) is 7.26. The molecule has 0 radical (unpaired) electrons. The number of nitrogens with zero attached hydrogens (tertiary/aromatic N) is 2. The van der Waals surface area contributed by atoms with Crippen molar-refractivity contribution in [1.82, 2.24) is 9.97 Å². The van der Waals surface area contributed by atoms with Gasteiger partial charge in [-0.15, -0.1) is 0 Å². The first kappa shape index (κ1) is 31.0. The van der Waals surface area contributed by atoms with Crippen molar-refractivity contribution < 1.29 is 33.3 Å². The Labute approximate surface area is 271 Å². The number of hydrogen-bond acceptors (Lipinski definition) is 10. The molecule has 1 aliphatic carbocycles. The Morgan fingerprint density at radius 2 is 1.53 bits per heavy atom. The number of rotatable bonds is 13. The molecule has 0 saturated carbocycles. The molecule has 47 heavy (non-hydrogen) atoms. The minimum atomic E-state index is -0.321. The number of carbonyl (C=O) groups excluding carboxylic acids is 2. The van der Waals surface area contributed by atoms with Gasteiger partial charge in [0.1, 0.15) is 31.1 Å². The van der Waals surface area contributed by atoms with E-state index in [1.165, 1.54) is 24.6 Å². The average molecular weight is 630 g/mol. The fourth-order valence-electron chi connectivity index (χ4n) is 4.94. The van der Waals surface area contributed by atoms with E-state index >= 15 is 0 Å². The molecular formula is C37H31N3O7. The molecule has 0 amide bonds. The van der Waals surface area contributed by atoms with E-state index in [0.717, 1.165) is 5.56 Å². The largest absolute Gasteiger partial charge is 0.493 e. The lowest BCUT2D eigenvalue weighted by Gasteiger charge is -2.18. The molecule has 0 bridgehead atoms. The second kappa shape index (κ2) is 14.4. The smallest absolute Gasteiger partial charge is 0.186 e. The quantitative estimate of drug-likeness (QED) is 0.109. The Morgan fingerprint density at radius 1 is 0.723 bits per heavy atom. The zero-order chi connectivity index (χ0) is 32.6. The van der Waals surface area contributed by atoms with Gasteiger partial charge in [-0.1, -0.05) is 42.5 Å². The summed E-state index contributed by atoms with van der Waals surface area (Å²) < 4.78 is 29.0. The van der Waals surface area contributed by atoms with Crippen LogP contribution >= 0.6 is 0 Å². The maximum Gasteiger partial charge on any atom is 0.186 e. The molecular weight excluding hydrogens is 598 g/mol. The minimum Gasteiger partial charge on any atom is -0.493 e. The minimum absolute atomic E-state index is 0.200. The maximum absolute atomic E-state index is 13.1. The lowest BCUT2D eigenvalue weighted by Crippen LogP contribution is -2.08. The molecule has 1 heterocycles. The highest BCUT2D eigenvalue weighted by molar-refractivity contribution is 6.34. The highest BCUT2D eigenvalue weighted by Gasteiger charge is 2.21. The highest BCUT2D eigenvalue weighted by atomic mass is 16.5. The molecule has 10 heteroatoms. The number of ketones is 2.